The normalized spacial score (nSPS) is 24.8. The standard InChI is InChI=1S/C25H35N5O3/c31-23-8-7-22(24(32)26-23)30-18-19-17-20(5-6-21(19)25(30)33)29-15-13-28(14-16-29)12-4-11-27-9-2-1-3-10-27/h5-6,17,22H,1-4,7-16,18H2,(H,26,31,32). The minimum atomic E-state index is -0.556. The predicted octanol–water partition coefficient (Wildman–Crippen LogP) is 1.45. The van der Waals surface area contributed by atoms with Gasteiger partial charge in [0.1, 0.15) is 6.04 Å². The van der Waals surface area contributed by atoms with Gasteiger partial charge in [0.25, 0.3) is 5.91 Å². The number of anilines is 1. The number of piperazine rings is 1. The van der Waals surface area contributed by atoms with Crippen LogP contribution >= 0.6 is 0 Å². The molecule has 0 saturated carbocycles. The molecular formula is C25H35N5O3. The second kappa shape index (κ2) is 9.81. The van der Waals surface area contributed by atoms with Gasteiger partial charge in [-0.2, -0.15) is 0 Å². The molecule has 178 valence electrons. The molecule has 4 aliphatic rings. The van der Waals surface area contributed by atoms with Crippen molar-refractivity contribution in [1.82, 2.24) is 20.0 Å². The van der Waals surface area contributed by atoms with Gasteiger partial charge in [-0.25, -0.2) is 0 Å². The van der Waals surface area contributed by atoms with Crippen LogP contribution in [0.1, 0.15) is 54.4 Å². The number of carbonyl (C=O) groups is 3. The molecule has 8 nitrogen and oxygen atoms in total. The van der Waals surface area contributed by atoms with Crippen molar-refractivity contribution in [1.29, 1.82) is 0 Å². The van der Waals surface area contributed by atoms with Gasteiger partial charge in [0.05, 0.1) is 0 Å². The third-order valence-corrected chi connectivity index (χ3v) is 7.64. The van der Waals surface area contributed by atoms with E-state index in [1.165, 1.54) is 51.9 Å². The zero-order chi connectivity index (χ0) is 22.8. The van der Waals surface area contributed by atoms with Crippen molar-refractivity contribution in [2.45, 2.75) is 51.1 Å². The number of imide groups is 1. The van der Waals surface area contributed by atoms with Crippen molar-refractivity contribution in [3.8, 4) is 0 Å². The van der Waals surface area contributed by atoms with Crippen molar-refractivity contribution in [2.75, 3.05) is 57.3 Å². The van der Waals surface area contributed by atoms with Crippen LogP contribution in [-0.2, 0) is 16.1 Å². The summed E-state index contributed by atoms with van der Waals surface area (Å²) in [6, 6.07) is 5.51. The number of amides is 3. The number of likely N-dealkylation sites (tertiary alicyclic amines) is 1. The molecule has 1 aromatic rings. The fraction of sp³-hybridized carbons (Fsp3) is 0.640. The molecule has 0 bridgehead atoms. The molecule has 3 saturated heterocycles. The molecule has 1 atom stereocenters. The van der Waals surface area contributed by atoms with Gasteiger partial charge in [-0.15, -0.1) is 0 Å². The number of benzene rings is 1. The molecule has 1 aromatic carbocycles. The maximum absolute atomic E-state index is 12.9. The van der Waals surface area contributed by atoms with E-state index >= 15 is 0 Å². The van der Waals surface area contributed by atoms with Gasteiger partial charge in [0.15, 0.2) is 0 Å². The smallest absolute Gasteiger partial charge is 0.255 e. The molecule has 1 N–H and O–H groups in total. The number of hydrogen-bond acceptors (Lipinski definition) is 6. The number of nitrogens with zero attached hydrogens (tertiary/aromatic N) is 4. The third kappa shape index (κ3) is 4.92. The Hall–Kier alpha value is -2.45. The first-order valence-electron chi connectivity index (χ1n) is 12.6. The van der Waals surface area contributed by atoms with E-state index in [-0.39, 0.29) is 24.1 Å². The average Bonchev–Trinajstić information content (AvgIpc) is 3.16. The highest BCUT2D eigenvalue weighted by Crippen LogP contribution is 2.31. The lowest BCUT2D eigenvalue weighted by molar-refractivity contribution is -0.136. The highest BCUT2D eigenvalue weighted by molar-refractivity contribution is 6.05. The van der Waals surface area contributed by atoms with Crippen LogP contribution in [0.2, 0.25) is 0 Å². The highest BCUT2D eigenvalue weighted by Gasteiger charge is 2.39. The van der Waals surface area contributed by atoms with Crippen molar-refractivity contribution in [3.05, 3.63) is 29.3 Å². The molecule has 8 heteroatoms. The first-order valence-corrected chi connectivity index (χ1v) is 12.6. The van der Waals surface area contributed by atoms with Crippen LogP contribution in [0.5, 0.6) is 0 Å². The quantitative estimate of drug-likeness (QED) is 0.657. The van der Waals surface area contributed by atoms with E-state index in [0.29, 0.717) is 18.5 Å². The molecule has 33 heavy (non-hydrogen) atoms. The van der Waals surface area contributed by atoms with Gasteiger partial charge in [-0.3, -0.25) is 24.6 Å². The minimum Gasteiger partial charge on any atom is -0.369 e. The lowest BCUT2D eigenvalue weighted by Gasteiger charge is -2.36. The zero-order valence-corrected chi connectivity index (χ0v) is 19.4. The molecule has 3 fully saturated rings. The van der Waals surface area contributed by atoms with Gasteiger partial charge in [0.2, 0.25) is 11.8 Å². The van der Waals surface area contributed by atoms with Crippen LogP contribution < -0.4 is 10.2 Å². The van der Waals surface area contributed by atoms with Gasteiger partial charge in [0, 0.05) is 50.4 Å². The summed E-state index contributed by atoms with van der Waals surface area (Å²) in [6.07, 6.45) is 6.04. The van der Waals surface area contributed by atoms with Crippen LogP contribution in [0.3, 0.4) is 0 Å². The van der Waals surface area contributed by atoms with E-state index in [2.05, 4.69) is 26.1 Å². The second-order valence-electron chi connectivity index (χ2n) is 9.83. The fourth-order valence-corrected chi connectivity index (χ4v) is 5.69. The summed E-state index contributed by atoms with van der Waals surface area (Å²) in [4.78, 5) is 45.8. The average molecular weight is 454 g/mol. The van der Waals surface area contributed by atoms with Crippen molar-refractivity contribution in [2.24, 2.45) is 0 Å². The maximum Gasteiger partial charge on any atom is 0.255 e. The summed E-state index contributed by atoms with van der Waals surface area (Å²) in [5.74, 6) is -0.720. The van der Waals surface area contributed by atoms with Gasteiger partial charge in [-0.05, 0) is 75.6 Å². The van der Waals surface area contributed by atoms with E-state index in [0.717, 1.165) is 37.4 Å². The summed E-state index contributed by atoms with van der Waals surface area (Å²) in [7, 11) is 0. The summed E-state index contributed by atoms with van der Waals surface area (Å²) in [5, 5.41) is 2.37. The van der Waals surface area contributed by atoms with Crippen LogP contribution in [0.4, 0.5) is 5.69 Å². The fourth-order valence-electron chi connectivity index (χ4n) is 5.69. The topological polar surface area (TPSA) is 76.2 Å². The summed E-state index contributed by atoms with van der Waals surface area (Å²) in [6.45, 7) is 9.50. The molecular weight excluding hydrogens is 418 g/mol. The summed E-state index contributed by atoms with van der Waals surface area (Å²) >= 11 is 0. The third-order valence-electron chi connectivity index (χ3n) is 7.64. The van der Waals surface area contributed by atoms with Gasteiger partial charge in [-0.1, -0.05) is 6.42 Å². The lowest BCUT2D eigenvalue weighted by Crippen LogP contribution is -2.52. The van der Waals surface area contributed by atoms with E-state index in [1.807, 2.05) is 12.1 Å². The second-order valence-corrected chi connectivity index (χ2v) is 9.83. The number of rotatable bonds is 6. The number of carbonyl (C=O) groups excluding carboxylic acids is 3. The van der Waals surface area contributed by atoms with Crippen molar-refractivity contribution in [3.63, 3.8) is 0 Å². The molecule has 0 aliphatic carbocycles. The maximum atomic E-state index is 12.9. The minimum absolute atomic E-state index is 0.107. The number of fused-ring (bicyclic) bond motifs is 1. The Morgan fingerprint density at radius 1 is 0.879 bits per heavy atom. The van der Waals surface area contributed by atoms with Gasteiger partial charge >= 0.3 is 0 Å². The van der Waals surface area contributed by atoms with Crippen LogP contribution in [0.15, 0.2) is 18.2 Å². The molecule has 5 rings (SSSR count). The first-order chi connectivity index (χ1) is 16.1. The Labute approximate surface area is 195 Å². The zero-order valence-electron chi connectivity index (χ0n) is 19.4. The molecule has 0 aromatic heterocycles. The molecule has 0 radical (unpaired) electrons. The number of piperidine rings is 2. The van der Waals surface area contributed by atoms with E-state index in [4.69, 9.17) is 0 Å². The summed E-state index contributed by atoms with van der Waals surface area (Å²) in [5.41, 5.74) is 2.81. The van der Waals surface area contributed by atoms with Crippen molar-refractivity contribution >= 4 is 23.4 Å². The Balaban J connectivity index is 1.13. The van der Waals surface area contributed by atoms with Crippen LogP contribution in [-0.4, -0.2) is 90.8 Å². The Bertz CT molecular complexity index is 905. The monoisotopic (exact) mass is 453 g/mol. The molecule has 1 unspecified atom stereocenters. The van der Waals surface area contributed by atoms with Gasteiger partial charge < -0.3 is 14.7 Å². The Kier molecular flexibility index (Phi) is 6.64. The molecule has 0 spiro atoms. The lowest BCUT2D eigenvalue weighted by atomic mass is 10.0. The molecule has 4 heterocycles. The number of hydrogen-bond donors (Lipinski definition) is 1. The molecule has 4 aliphatic heterocycles. The largest absolute Gasteiger partial charge is 0.369 e. The highest BCUT2D eigenvalue weighted by atomic mass is 16.2. The van der Waals surface area contributed by atoms with Crippen LogP contribution in [0.25, 0.3) is 0 Å². The predicted molar refractivity (Wildman–Crippen MR) is 126 cm³/mol. The van der Waals surface area contributed by atoms with Crippen molar-refractivity contribution < 1.29 is 14.4 Å². The SMILES string of the molecule is O=C1CCC(N2Cc3cc(N4CCN(CCCN5CCCCC5)CC4)ccc3C2=O)C(=O)N1. The van der Waals surface area contributed by atoms with E-state index < -0.39 is 6.04 Å². The van der Waals surface area contributed by atoms with E-state index in [1.54, 1.807) is 4.90 Å². The van der Waals surface area contributed by atoms with E-state index in [9.17, 15) is 14.4 Å². The summed E-state index contributed by atoms with van der Waals surface area (Å²) < 4.78 is 0. The van der Waals surface area contributed by atoms with Crippen LogP contribution in [0, 0.1) is 0 Å². The Morgan fingerprint density at radius 2 is 1.61 bits per heavy atom. The first kappa shape index (κ1) is 22.3. The molecule has 3 amide bonds. The number of nitrogens with one attached hydrogen (secondary N) is 1. The Morgan fingerprint density at radius 3 is 2.33 bits per heavy atom.